The Balaban J connectivity index is 1.62. The van der Waals surface area contributed by atoms with E-state index in [1.54, 1.807) is 18.5 Å². The number of urea groups is 1. The number of benzene rings is 1. The second-order valence-electron chi connectivity index (χ2n) is 7.26. The average Bonchev–Trinajstić information content (AvgIpc) is 2.75. The highest BCUT2D eigenvalue weighted by Crippen LogP contribution is 2.31. The van der Waals surface area contributed by atoms with Crippen LogP contribution in [0.3, 0.4) is 0 Å². The van der Waals surface area contributed by atoms with Gasteiger partial charge in [0.25, 0.3) is 5.92 Å². The number of amides is 2. The molecule has 0 bridgehead atoms. The lowest BCUT2D eigenvalue weighted by Gasteiger charge is -2.35. The van der Waals surface area contributed by atoms with E-state index in [1.807, 2.05) is 6.07 Å². The van der Waals surface area contributed by atoms with E-state index in [-0.39, 0.29) is 30.8 Å². The molecule has 3 rings (SSSR count). The summed E-state index contributed by atoms with van der Waals surface area (Å²) in [5.41, 5.74) is 1.25. The number of likely N-dealkylation sites (tertiary alicyclic amines) is 1. The van der Waals surface area contributed by atoms with E-state index in [1.165, 1.54) is 35.2 Å². The van der Waals surface area contributed by atoms with Gasteiger partial charge in [-0.3, -0.25) is 9.88 Å². The van der Waals surface area contributed by atoms with Gasteiger partial charge in [0.15, 0.2) is 9.84 Å². The Hall–Kier alpha value is -2.85. The van der Waals surface area contributed by atoms with Crippen molar-refractivity contribution in [2.75, 3.05) is 18.4 Å². The summed E-state index contributed by atoms with van der Waals surface area (Å²) in [7, 11) is -3.85. The Labute approximate surface area is 180 Å². The van der Waals surface area contributed by atoms with Crippen LogP contribution in [0.25, 0.3) is 0 Å². The Morgan fingerprint density at radius 1 is 1.23 bits per heavy atom. The third-order valence-electron chi connectivity index (χ3n) is 5.03. The topological polar surface area (TPSA) is 91.4 Å². The van der Waals surface area contributed by atoms with E-state index in [0.29, 0.717) is 12.2 Å². The van der Waals surface area contributed by atoms with Crippen molar-refractivity contribution in [1.29, 1.82) is 0 Å². The lowest BCUT2D eigenvalue weighted by Crippen LogP contribution is -2.47. The SMILES string of the molecule is C=CC(N1CCC(F)(F)CC1)S(=O)(=O)c1ccc(NC(=O)NCc2cccnc2)cc1. The van der Waals surface area contributed by atoms with Crippen LogP contribution >= 0.6 is 0 Å². The second kappa shape index (κ2) is 9.52. The van der Waals surface area contributed by atoms with Gasteiger partial charge in [-0.15, -0.1) is 6.58 Å². The van der Waals surface area contributed by atoms with Crippen LogP contribution in [0.15, 0.2) is 66.3 Å². The van der Waals surface area contributed by atoms with E-state index in [4.69, 9.17) is 0 Å². The van der Waals surface area contributed by atoms with Crippen LogP contribution in [-0.2, 0) is 16.4 Å². The average molecular weight is 451 g/mol. The van der Waals surface area contributed by atoms with E-state index in [9.17, 15) is 22.0 Å². The Kier molecular flexibility index (Phi) is 7.01. The monoisotopic (exact) mass is 450 g/mol. The van der Waals surface area contributed by atoms with Crippen LogP contribution in [0.4, 0.5) is 19.3 Å². The number of hydrogen-bond donors (Lipinski definition) is 2. The number of halogens is 2. The minimum absolute atomic E-state index is 0.0241. The summed E-state index contributed by atoms with van der Waals surface area (Å²) in [6.07, 6.45) is 3.76. The summed E-state index contributed by atoms with van der Waals surface area (Å²) >= 11 is 0. The molecule has 0 spiro atoms. The number of carbonyl (C=O) groups is 1. The molecule has 1 unspecified atom stereocenters. The van der Waals surface area contributed by atoms with Gasteiger partial charge in [-0.25, -0.2) is 22.0 Å². The van der Waals surface area contributed by atoms with Gasteiger partial charge in [0.1, 0.15) is 5.37 Å². The number of sulfone groups is 1. The molecule has 166 valence electrons. The first-order valence-electron chi connectivity index (χ1n) is 9.73. The number of nitrogens with zero attached hydrogens (tertiary/aromatic N) is 2. The Morgan fingerprint density at radius 2 is 1.90 bits per heavy atom. The van der Waals surface area contributed by atoms with Crippen LogP contribution in [-0.4, -0.2) is 48.7 Å². The highest BCUT2D eigenvalue weighted by molar-refractivity contribution is 7.92. The highest BCUT2D eigenvalue weighted by atomic mass is 32.2. The smallest absolute Gasteiger partial charge is 0.319 e. The molecule has 7 nitrogen and oxygen atoms in total. The minimum atomic E-state index is -3.85. The van der Waals surface area contributed by atoms with Crippen molar-refractivity contribution in [1.82, 2.24) is 15.2 Å². The molecule has 0 aliphatic carbocycles. The highest BCUT2D eigenvalue weighted by Gasteiger charge is 2.39. The largest absolute Gasteiger partial charge is 0.334 e. The number of aromatic nitrogens is 1. The lowest BCUT2D eigenvalue weighted by atomic mass is 10.1. The predicted octanol–water partition coefficient (Wildman–Crippen LogP) is 3.42. The first kappa shape index (κ1) is 22.8. The molecule has 31 heavy (non-hydrogen) atoms. The lowest BCUT2D eigenvalue weighted by molar-refractivity contribution is -0.0553. The molecule has 1 aliphatic heterocycles. The second-order valence-corrected chi connectivity index (χ2v) is 9.30. The minimum Gasteiger partial charge on any atom is -0.334 e. The number of alkyl halides is 2. The summed E-state index contributed by atoms with van der Waals surface area (Å²) in [5, 5.41) is 4.21. The molecule has 1 fully saturated rings. The van der Waals surface area contributed by atoms with Gasteiger partial charge in [0.2, 0.25) is 0 Å². The van der Waals surface area contributed by atoms with Gasteiger partial charge in [0.05, 0.1) is 4.90 Å². The normalized spacial score (nSPS) is 17.5. The fraction of sp³-hybridized carbons (Fsp3) is 0.333. The molecule has 2 heterocycles. The van der Waals surface area contributed by atoms with Gasteiger partial charge >= 0.3 is 6.03 Å². The fourth-order valence-electron chi connectivity index (χ4n) is 3.31. The summed E-state index contributed by atoms with van der Waals surface area (Å²) in [5.74, 6) is -2.77. The number of rotatable bonds is 7. The van der Waals surface area contributed by atoms with Crippen molar-refractivity contribution in [3.63, 3.8) is 0 Å². The summed E-state index contributed by atoms with van der Waals surface area (Å²) in [4.78, 5) is 17.5. The van der Waals surface area contributed by atoms with Gasteiger partial charge in [-0.1, -0.05) is 12.1 Å². The molecule has 2 amide bonds. The maximum absolute atomic E-state index is 13.4. The molecular weight excluding hydrogens is 426 g/mol. The molecule has 1 aliphatic rings. The predicted molar refractivity (Wildman–Crippen MR) is 113 cm³/mol. The zero-order valence-electron chi connectivity index (χ0n) is 16.8. The first-order valence-corrected chi connectivity index (χ1v) is 11.3. The number of pyridine rings is 1. The maximum Gasteiger partial charge on any atom is 0.319 e. The molecule has 10 heteroatoms. The van der Waals surface area contributed by atoms with E-state index >= 15 is 0 Å². The van der Waals surface area contributed by atoms with Crippen LogP contribution in [0, 0.1) is 0 Å². The summed E-state index contributed by atoms with van der Waals surface area (Å²) in [6.45, 7) is 3.83. The standard InChI is InChI=1S/C21H24F2N4O3S/c1-2-19(27-12-9-21(22,23)10-13-27)31(29,30)18-7-5-17(6-8-18)26-20(28)25-15-16-4-3-11-24-14-16/h2-8,11,14,19H,1,9-10,12-13,15H2,(H2,25,26,28). The van der Waals surface area contributed by atoms with Crippen molar-refractivity contribution in [2.45, 2.75) is 35.6 Å². The fourth-order valence-corrected chi connectivity index (χ4v) is 4.96. The number of carbonyl (C=O) groups excluding carboxylic acids is 1. The number of nitrogens with one attached hydrogen (secondary N) is 2. The molecule has 1 aromatic carbocycles. The summed E-state index contributed by atoms with van der Waals surface area (Å²) in [6, 6.07) is 8.84. The van der Waals surface area contributed by atoms with Gasteiger partial charge in [0, 0.05) is 50.6 Å². The molecule has 0 radical (unpaired) electrons. The maximum atomic E-state index is 13.4. The third kappa shape index (κ3) is 5.86. The quantitative estimate of drug-likeness (QED) is 0.631. The van der Waals surface area contributed by atoms with Crippen molar-refractivity contribution < 1.29 is 22.0 Å². The zero-order valence-corrected chi connectivity index (χ0v) is 17.6. The molecule has 2 N–H and O–H groups in total. The number of anilines is 1. The molecule has 1 aromatic heterocycles. The van der Waals surface area contributed by atoms with Crippen LogP contribution in [0.2, 0.25) is 0 Å². The van der Waals surface area contributed by atoms with Gasteiger partial charge in [-0.05, 0) is 35.9 Å². The Bertz CT molecular complexity index is 1000. The van der Waals surface area contributed by atoms with E-state index in [0.717, 1.165) is 5.56 Å². The van der Waals surface area contributed by atoms with Crippen LogP contribution in [0.1, 0.15) is 18.4 Å². The Morgan fingerprint density at radius 3 is 2.48 bits per heavy atom. The van der Waals surface area contributed by atoms with E-state index < -0.39 is 27.2 Å². The molecule has 0 saturated carbocycles. The summed E-state index contributed by atoms with van der Waals surface area (Å²) < 4.78 is 52.9. The third-order valence-corrected chi connectivity index (χ3v) is 7.08. The van der Waals surface area contributed by atoms with Crippen molar-refractivity contribution >= 4 is 21.6 Å². The number of piperidine rings is 1. The number of hydrogen-bond acceptors (Lipinski definition) is 5. The molecular formula is C21H24F2N4O3S. The van der Waals surface area contributed by atoms with Crippen molar-refractivity contribution in [2.24, 2.45) is 0 Å². The zero-order chi connectivity index (χ0) is 22.5. The van der Waals surface area contributed by atoms with Crippen molar-refractivity contribution in [3.8, 4) is 0 Å². The van der Waals surface area contributed by atoms with Gasteiger partial charge < -0.3 is 10.6 Å². The van der Waals surface area contributed by atoms with Crippen LogP contribution < -0.4 is 10.6 Å². The van der Waals surface area contributed by atoms with E-state index in [2.05, 4.69) is 22.2 Å². The molecule has 1 saturated heterocycles. The van der Waals surface area contributed by atoms with Crippen LogP contribution in [0.5, 0.6) is 0 Å². The van der Waals surface area contributed by atoms with Crippen molar-refractivity contribution in [3.05, 3.63) is 67.0 Å². The molecule has 2 aromatic rings. The molecule has 1 atom stereocenters. The first-order chi connectivity index (χ1) is 14.7. The van der Waals surface area contributed by atoms with Gasteiger partial charge in [-0.2, -0.15) is 0 Å².